The first-order valence-electron chi connectivity index (χ1n) is 18.3. The number of pyridine rings is 2. The zero-order valence-corrected chi connectivity index (χ0v) is 29.7. The highest BCUT2D eigenvalue weighted by molar-refractivity contribution is 6.15. The Kier molecular flexibility index (Phi) is 6.36. The van der Waals surface area contributed by atoms with E-state index >= 15 is 0 Å². The summed E-state index contributed by atoms with van der Waals surface area (Å²) in [4.78, 5) is 29.1. The number of hydrogen-bond acceptors (Lipinski definition) is 2. The van der Waals surface area contributed by atoms with E-state index in [0.29, 0.717) is 21.5 Å². The van der Waals surface area contributed by atoms with Gasteiger partial charge in [0.05, 0.1) is 22.1 Å². The van der Waals surface area contributed by atoms with Crippen molar-refractivity contribution in [1.82, 2.24) is 9.13 Å². The smallest absolute Gasteiger partial charge is 0.197 e. The number of fused-ring (bicyclic) bond motifs is 8. The van der Waals surface area contributed by atoms with Crippen molar-refractivity contribution in [2.45, 2.75) is 0 Å². The summed E-state index contributed by atoms with van der Waals surface area (Å²) in [7, 11) is 3.97. The van der Waals surface area contributed by atoms with Gasteiger partial charge < -0.3 is 9.13 Å². The molecule has 0 spiro atoms. The molecular weight excluding hydrogens is 661 g/mol. The molecule has 4 heteroatoms. The van der Waals surface area contributed by atoms with Crippen LogP contribution in [0.15, 0.2) is 167 Å². The van der Waals surface area contributed by atoms with Gasteiger partial charge in [0.25, 0.3) is 0 Å². The summed E-state index contributed by atoms with van der Waals surface area (Å²) in [5, 5.41) is 11.7. The molecule has 0 unspecified atom stereocenters. The number of rotatable bonds is 2. The Bertz CT molecular complexity index is 3230. The summed E-state index contributed by atoms with van der Waals surface area (Å²) in [5.41, 5.74) is 7.26. The van der Waals surface area contributed by atoms with E-state index in [0.717, 1.165) is 87.4 Å². The van der Waals surface area contributed by atoms with Crippen molar-refractivity contribution >= 4 is 86.7 Å². The Morgan fingerprint density at radius 1 is 0.315 bits per heavy atom. The van der Waals surface area contributed by atoms with Gasteiger partial charge in [0, 0.05) is 35.6 Å². The van der Waals surface area contributed by atoms with Crippen LogP contribution in [0.4, 0.5) is 0 Å². The molecule has 11 rings (SSSR count). The van der Waals surface area contributed by atoms with Crippen LogP contribution in [0.3, 0.4) is 0 Å². The molecule has 0 radical (unpaired) electrons. The molecule has 0 aliphatic carbocycles. The summed E-state index contributed by atoms with van der Waals surface area (Å²) < 4.78 is 4.11. The third-order valence-electron chi connectivity index (χ3n) is 11.7. The van der Waals surface area contributed by atoms with Gasteiger partial charge in [-0.05, 0) is 114 Å². The molecular formula is C50H32N2O2. The molecule has 9 aromatic carbocycles. The minimum absolute atomic E-state index is 0.0443. The van der Waals surface area contributed by atoms with Crippen molar-refractivity contribution in [2.24, 2.45) is 14.1 Å². The van der Waals surface area contributed by atoms with Crippen LogP contribution in [0.1, 0.15) is 0 Å². The maximum atomic E-state index is 14.6. The molecule has 54 heavy (non-hydrogen) atoms. The predicted octanol–water partition coefficient (Wildman–Crippen LogP) is 11.6. The Balaban J connectivity index is 1.16. The van der Waals surface area contributed by atoms with Crippen molar-refractivity contribution in [3.8, 4) is 22.3 Å². The molecule has 0 amide bonds. The summed E-state index contributed by atoms with van der Waals surface area (Å²) in [5.74, 6) is 0. The summed E-state index contributed by atoms with van der Waals surface area (Å²) >= 11 is 0. The Morgan fingerprint density at radius 2 is 0.630 bits per heavy atom. The second-order valence-electron chi connectivity index (χ2n) is 14.5. The quantitative estimate of drug-likeness (QED) is 0.169. The van der Waals surface area contributed by atoms with E-state index in [-0.39, 0.29) is 10.9 Å². The number of hydrogen-bond donors (Lipinski definition) is 0. The van der Waals surface area contributed by atoms with Gasteiger partial charge in [-0.25, -0.2) is 0 Å². The fraction of sp³-hybridized carbons (Fsp3) is 0.0400. The van der Waals surface area contributed by atoms with Crippen LogP contribution in [0.5, 0.6) is 0 Å². The molecule has 2 heterocycles. The topological polar surface area (TPSA) is 44.0 Å². The minimum atomic E-state index is -0.0443. The molecule has 0 aliphatic heterocycles. The fourth-order valence-corrected chi connectivity index (χ4v) is 9.03. The molecule has 0 saturated heterocycles. The van der Waals surface area contributed by atoms with E-state index in [2.05, 4.69) is 130 Å². The van der Waals surface area contributed by atoms with Crippen molar-refractivity contribution in [3.63, 3.8) is 0 Å². The molecule has 0 aliphatic rings. The van der Waals surface area contributed by atoms with E-state index in [1.165, 1.54) is 0 Å². The lowest BCUT2D eigenvalue weighted by atomic mass is 9.91. The highest BCUT2D eigenvalue weighted by Gasteiger charge is 2.18. The monoisotopic (exact) mass is 692 g/mol. The van der Waals surface area contributed by atoms with E-state index in [1.54, 1.807) is 0 Å². The third-order valence-corrected chi connectivity index (χ3v) is 11.7. The van der Waals surface area contributed by atoms with Gasteiger partial charge in [-0.3, -0.25) is 9.59 Å². The molecule has 254 valence electrons. The maximum absolute atomic E-state index is 14.6. The van der Waals surface area contributed by atoms with Gasteiger partial charge in [-0.15, -0.1) is 0 Å². The lowest BCUT2D eigenvalue weighted by molar-refractivity contribution is 0.994. The third kappa shape index (κ3) is 4.25. The molecule has 11 aromatic rings. The normalized spacial score (nSPS) is 12.0. The lowest BCUT2D eigenvalue weighted by Crippen LogP contribution is -2.13. The second kappa shape index (κ2) is 11.2. The zero-order chi connectivity index (χ0) is 36.2. The van der Waals surface area contributed by atoms with Crippen LogP contribution in [-0.4, -0.2) is 9.13 Å². The number of aromatic nitrogens is 2. The number of aryl methyl sites for hydroxylation is 2. The molecule has 0 bridgehead atoms. The van der Waals surface area contributed by atoms with Gasteiger partial charge >= 0.3 is 0 Å². The van der Waals surface area contributed by atoms with Crippen molar-refractivity contribution in [1.29, 1.82) is 0 Å². The fourth-order valence-electron chi connectivity index (χ4n) is 9.03. The van der Waals surface area contributed by atoms with Crippen molar-refractivity contribution < 1.29 is 0 Å². The average Bonchev–Trinajstić information content (AvgIpc) is 3.22. The first kappa shape index (κ1) is 30.6. The van der Waals surface area contributed by atoms with E-state index < -0.39 is 0 Å². The van der Waals surface area contributed by atoms with Gasteiger partial charge in [0.1, 0.15) is 0 Å². The molecule has 0 N–H and O–H groups in total. The number of nitrogens with zero attached hydrogens (tertiary/aromatic N) is 2. The highest BCUT2D eigenvalue weighted by Crippen LogP contribution is 2.39. The van der Waals surface area contributed by atoms with Crippen molar-refractivity contribution in [2.75, 3.05) is 0 Å². The first-order chi connectivity index (χ1) is 26.4. The molecule has 4 nitrogen and oxygen atoms in total. The van der Waals surface area contributed by atoms with Crippen LogP contribution < -0.4 is 10.9 Å². The Hall–Kier alpha value is -7.04. The largest absolute Gasteiger partial charge is 0.343 e. The van der Waals surface area contributed by atoms with Crippen LogP contribution in [-0.2, 0) is 14.1 Å². The number of benzene rings is 9. The first-order valence-corrected chi connectivity index (χ1v) is 18.3. The van der Waals surface area contributed by atoms with E-state index in [1.807, 2.05) is 50.5 Å². The summed E-state index contributed by atoms with van der Waals surface area (Å²) in [6.45, 7) is 0. The molecule has 2 aromatic heterocycles. The van der Waals surface area contributed by atoms with Crippen LogP contribution in [0.2, 0.25) is 0 Å². The van der Waals surface area contributed by atoms with Crippen LogP contribution in [0.25, 0.3) is 109 Å². The summed E-state index contributed by atoms with van der Waals surface area (Å²) in [6.07, 6.45) is 0. The zero-order valence-electron chi connectivity index (χ0n) is 29.7. The van der Waals surface area contributed by atoms with E-state index in [4.69, 9.17) is 0 Å². The second-order valence-corrected chi connectivity index (χ2v) is 14.5. The van der Waals surface area contributed by atoms with Crippen molar-refractivity contribution in [3.05, 3.63) is 178 Å². The Labute approximate surface area is 309 Å². The lowest BCUT2D eigenvalue weighted by Gasteiger charge is -2.17. The molecule has 0 fully saturated rings. The Morgan fingerprint density at radius 3 is 0.981 bits per heavy atom. The predicted molar refractivity (Wildman–Crippen MR) is 228 cm³/mol. The molecule has 0 atom stereocenters. The SMILES string of the molecule is Cn1c2ccc(-c3c4ccccc4cc4ccccc34)cc2c(=O)c2cc3c(cc21)c(=O)c1cc(-c2c4ccccc4cc4ccccc24)ccc1n3C. The van der Waals surface area contributed by atoms with E-state index in [9.17, 15) is 9.59 Å². The van der Waals surface area contributed by atoms with Gasteiger partial charge in [0.15, 0.2) is 10.9 Å². The highest BCUT2D eigenvalue weighted by atomic mass is 16.1. The van der Waals surface area contributed by atoms with Gasteiger partial charge in [-0.2, -0.15) is 0 Å². The van der Waals surface area contributed by atoms with Crippen LogP contribution in [0, 0.1) is 0 Å². The standard InChI is InChI=1S/C50H32N2O2/c1-51-43-21-19-33(47-35-15-7-3-11-29(35)23-30-12-4-8-16-36(30)47)25-39(43)49(53)41-28-46-42(27-45(41)51)50(54)40-26-34(20-22-44(40)52(46)2)48-37-17-9-5-13-31(37)24-32-14-6-10-18-38(32)48/h3-28H,1-2H3. The maximum Gasteiger partial charge on any atom is 0.197 e. The van der Waals surface area contributed by atoms with Gasteiger partial charge in [-0.1, -0.05) is 109 Å². The summed E-state index contributed by atoms with van der Waals surface area (Å²) in [6, 6.07) is 54.5. The van der Waals surface area contributed by atoms with Crippen LogP contribution >= 0.6 is 0 Å². The average molecular weight is 693 g/mol. The minimum Gasteiger partial charge on any atom is -0.343 e. The molecule has 0 saturated carbocycles. The van der Waals surface area contributed by atoms with Gasteiger partial charge in [0.2, 0.25) is 0 Å².